The van der Waals surface area contributed by atoms with Gasteiger partial charge < -0.3 is 9.84 Å². The van der Waals surface area contributed by atoms with E-state index in [1.54, 1.807) is 0 Å². The lowest BCUT2D eigenvalue weighted by Crippen LogP contribution is -2.05. The van der Waals surface area contributed by atoms with Gasteiger partial charge in [-0.25, -0.2) is 0 Å². The molecule has 0 rings (SSSR count). The van der Waals surface area contributed by atoms with Crippen molar-refractivity contribution >= 4 is 5.97 Å². The summed E-state index contributed by atoms with van der Waals surface area (Å²) in [6, 6.07) is 0. The summed E-state index contributed by atoms with van der Waals surface area (Å²) in [5.41, 5.74) is 0. The van der Waals surface area contributed by atoms with E-state index in [1.807, 2.05) is 0 Å². The van der Waals surface area contributed by atoms with E-state index >= 15 is 0 Å². The summed E-state index contributed by atoms with van der Waals surface area (Å²) in [5, 5.41) is 8.82. The molecule has 0 aromatic carbocycles. The number of carbonyl (C=O) groups excluding carboxylic acids is 1. The minimum Gasteiger partial charge on any atom is -0.466 e. The average Bonchev–Trinajstić information content (AvgIpc) is 3.24. The smallest absolute Gasteiger partial charge is 0.305 e. The van der Waals surface area contributed by atoms with Crippen LogP contribution in [0.2, 0.25) is 0 Å². The topological polar surface area (TPSA) is 46.5 Å². The molecule has 0 unspecified atom stereocenters. The second-order valence-electron chi connectivity index (χ2n) is 18.3. The number of hydrogen-bond acceptors (Lipinski definition) is 3. The predicted molar refractivity (Wildman–Crippen MR) is 264 cm³/mol. The van der Waals surface area contributed by atoms with Crippen LogP contribution in [0.4, 0.5) is 0 Å². The van der Waals surface area contributed by atoms with E-state index < -0.39 is 0 Å². The summed E-state index contributed by atoms with van der Waals surface area (Å²) in [6.07, 6.45) is 74.7. The van der Waals surface area contributed by atoms with Crippen LogP contribution in [0.15, 0.2) is 36.5 Å². The average molecular weight is 827 g/mol. The van der Waals surface area contributed by atoms with Crippen molar-refractivity contribution in [2.45, 2.75) is 302 Å². The van der Waals surface area contributed by atoms with Gasteiger partial charge in [0.15, 0.2) is 0 Å². The highest BCUT2D eigenvalue weighted by molar-refractivity contribution is 5.69. The first-order valence-electron chi connectivity index (χ1n) is 27.0. The monoisotopic (exact) mass is 827 g/mol. The largest absolute Gasteiger partial charge is 0.466 e. The van der Waals surface area contributed by atoms with E-state index in [2.05, 4.69) is 43.4 Å². The van der Waals surface area contributed by atoms with Crippen LogP contribution in [0.3, 0.4) is 0 Å². The van der Waals surface area contributed by atoms with E-state index in [4.69, 9.17) is 9.84 Å². The minimum absolute atomic E-state index is 0.00929. The van der Waals surface area contributed by atoms with Gasteiger partial charge in [0.25, 0.3) is 0 Å². The normalized spacial score (nSPS) is 12.0. The number of unbranched alkanes of at least 4 members (excludes halogenated alkanes) is 40. The Morgan fingerprint density at radius 3 is 0.949 bits per heavy atom. The standard InChI is InChI=1S/C56H106O3/c1-2-3-4-5-6-7-8-9-32-35-38-41-44-47-50-53-56(58)59-55-52-49-46-43-40-37-34-31-29-27-25-23-21-19-17-15-13-11-10-12-14-16-18-20-22-24-26-28-30-33-36-39-42-45-48-51-54-57/h3-4,6-7,9,32,57H,2,5,8,10-31,33-55H2,1H3/b4-3-,7-6-,32-9-. The van der Waals surface area contributed by atoms with Crippen molar-refractivity contribution in [3.63, 3.8) is 0 Å². The van der Waals surface area contributed by atoms with Gasteiger partial charge in [0.2, 0.25) is 0 Å². The number of carbonyl (C=O) groups is 1. The highest BCUT2D eigenvalue weighted by Gasteiger charge is 2.03. The predicted octanol–water partition coefficient (Wildman–Crippen LogP) is 19.2. The van der Waals surface area contributed by atoms with Crippen LogP contribution in [-0.4, -0.2) is 24.3 Å². The third-order valence-electron chi connectivity index (χ3n) is 12.3. The second-order valence-corrected chi connectivity index (χ2v) is 18.3. The highest BCUT2D eigenvalue weighted by atomic mass is 16.5. The van der Waals surface area contributed by atoms with Crippen molar-refractivity contribution in [2.24, 2.45) is 0 Å². The molecular formula is C56H106O3. The van der Waals surface area contributed by atoms with Gasteiger partial charge in [-0.2, -0.15) is 0 Å². The number of ether oxygens (including phenoxy) is 1. The maximum absolute atomic E-state index is 12.0. The van der Waals surface area contributed by atoms with Crippen molar-refractivity contribution < 1.29 is 14.6 Å². The van der Waals surface area contributed by atoms with Crippen molar-refractivity contribution in [3.05, 3.63) is 36.5 Å². The van der Waals surface area contributed by atoms with Crippen LogP contribution in [-0.2, 0) is 9.53 Å². The molecule has 0 saturated carbocycles. The molecule has 348 valence electrons. The lowest BCUT2D eigenvalue weighted by Gasteiger charge is -2.06. The molecule has 0 aromatic rings. The van der Waals surface area contributed by atoms with E-state index in [0.29, 0.717) is 19.6 Å². The Hall–Kier alpha value is -1.35. The highest BCUT2D eigenvalue weighted by Crippen LogP contribution is 2.18. The molecule has 1 N–H and O–H groups in total. The fourth-order valence-electron chi connectivity index (χ4n) is 8.37. The number of hydrogen-bond donors (Lipinski definition) is 1. The zero-order valence-corrected chi connectivity index (χ0v) is 40.2. The van der Waals surface area contributed by atoms with E-state index in [1.165, 1.54) is 244 Å². The summed E-state index contributed by atoms with van der Waals surface area (Å²) in [7, 11) is 0. The Bertz CT molecular complexity index is 859. The zero-order valence-electron chi connectivity index (χ0n) is 40.2. The summed E-state index contributed by atoms with van der Waals surface area (Å²) >= 11 is 0. The minimum atomic E-state index is 0.00929. The molecule has 0 heterocycles. The third-order valence-corrected chi connectivity index (χ3v) is 12.3. The summed E-state index contributed by atoms with van der Waals surface area (Å²) in [6.45, 7) is 3.16. The second kappa shape index (κ2) is 54.7. The quantitative estimate of drug-likeness (QED) is 0.0377. The summed E-state index contributed by atoms with van der Waals surface area (Å²) in [5.74, 6) is 0.00929. The molecule has 0 saturated heterocycles. The fraction of sp³-hybridized carbons (Fsp3) is 0.875. The lowest BCUT2D eigenvalue weighted by molar-refractivity contribution is -0.143. The van der Waals surface area contributed by atoms with E-state index in [0.717, 1.165) is 44.9 Å². The Morgan fingerprint density at radius 2 is 0.610 bits per heavy atom. The lowest BCUT2D eigenvalue weighted by atomic mass is 10.0. The van der Waals surface area contributed by atoms with Crippen molar-refractivity contribution in [3.8, 4) is 0 Å². The number of esters is 1. The molecule has 0 aliphatic carbocycles. The number of aliphatic hydroxyl groups excluding tert-OH is 1. The van der Waals surface area contributed by atoms with Gasteiger partial charge in [-0.1, -0.05) is 281 Å². The fourth-order valence-corrected chi connectivity index (χ4v) is 8.37. The van der Waals surface area contributed by atoms with Crippen LogP contribution in [0.25, 0.3) is 0 Å². The Kier molecular flexibility index (Phi) is 53.4. The molecule has 0 radical (unpaired) electrons. The SMILES string of the molecule is CC/C=C\C/C=C\C/C=C\CCCCCCCC(=O)OCCCCCCCCCCCCCCCCCCCCCCCCCCCCCCCCCCCCCCO. The summed E-state index contributed by atoms with van der Waals surface area (Å²) < 4.78 is 5.47. The molecule has 0 aromatic heterocycles. The molecular weight excluding hydrogens is 721 g/mol. The maximum Gasteiger partial charge on any atom is 0.305 e. The molecule has 0 atom stereocenters. The van der Waals surface area contributed by atoms with Crippen molar-refractivity contribution in [1.29, 1.82) is 0 Å². The van der Waals surface area contributed by atoms with E-state index in [9.17, 15) is 4.79 Å². The molecule has 0 spiro atoms. The van der Waals surface area contributed by atoms with Crippen LogP contribution in [0.5, 0.6) is 0 Å². The molecule has 59 heavy (non-hydrogen) atoms. The van der Waals surface area contributed by atoms with Crippen molar-refractivity contribution in [2.75, 3.05) is 13.2 Å². The Balaban J connectivity index is 3.16. The van der Waals surface area contributed by atoms with Gasteiger partial charge in [-0.15, -0.1) is 0 Å². The van der Waals surface area contributed by atoms with Gasteiger partial charge >= 0.3 is 5.97 Å². The molecule has 0 fully saturated rings. The van der Waals surface area contributed by atoms with Crippen LogP contribution >= 0.6 is 0 Å². The van der Waals surface area contributed by atoms with Crippen molar-refractivity contribution in [1.82, 2.24) is 0 Å². The first-order valence-corrected chi connectivity index (χ1v) is 27.0. The molecule has 3 heteroatoms. The van der Waals surface area contributed by atoms with Crippen LogP contribution in [0.1, 0.15) is 302 Å². The Labute approximate surface area is 371 Å². The number of rotatable bonds is 51. The van der Waals surface area contributed by atoms with E-state index in [-0.39, 0.29) is 5.97 Å². The van der Waals surface area contributed by atoms with Gasteiger partial charge in [-0.3, -0.25) is 4.79 Å². The molecule has 3 nitrogen and oxygen atoms in total. The first-order chi connectivity index (χ1) is 29.3. The molecule has 0 amide bonds. The first kappa shape index (κ1) is 57.6. The third kappa shape index (κ3) is 54.6. The molecule has 0 bridgehead atoms. The maximum atomic E-state index is 12.0. The summed E-state index contributed by atoms with van der Waals surface area (Å²) in [4.78, 5) is 12.0. The Morgan fingerprint density at radius 1 is 0.339 bits per heavy atom. The van der Waals surface area contributed by atoms with Crippen LogP contribution < -0.4 is 0 Å². The molecule has 0 aliphatic heterocycles. The van der Waals surface area contributed by atoms with Gasteiger partial charge in [0.1, 0.15) is 0 Å². The zero-order chi connectivity index (χ0) is 42.5. The number of aliphatic hydroxyl groups is 1. The van der Waals surface area contributed by atoms with Gasteiger partial charge in [0.05, 0.1) is 6.61 Å². The van der Waals surface area contributed by atoms with Gasteiger partial charge in [-0.05, 0) is 51.4 Å². The van der Waals surface area contributed by atoms with Gasteiger partial charge in [0, 0.05) is 13.0 Å². The number of allylic oxidation sites excluding steroid dienone is 6. The van der Waals surface area contributed by atoms with Crippen LogP contribution in [0, 0.1) is 0 Å². The molecule has 0 aliphatic rings.